The van der Waals surface area contributed by atoms with E-state index in [1.54, 1.807) is 41.2 Å². The number of carbonyl (C=O) groups excluding carboxylic acids is 1. The summed E-state index contributed by atoms with van der Waals surface area (Å²) >= 11 is 5.94. The molecule has 1 N–H and O–H groups in total. The summed E-state index contributed by atoms with van der Waals surface area (Å²) in [5.74, 6) is -0.378. The molecule has 0 spiro atoms. The number of hydrogen-bond acceptors (Lipinski definition) is 4. The van der Waals surface area contributed by atoms with Crippen LogP contribution in [0.3, 0.4) is 0 Å². The fraction of sp³-hybridized carbons (Fsp3) is 0.0476. The van der Waals surface area contributed by atoms with Gasteiger partial charge >= 0.3 is 5.69 Å². The monoisotopic (exact) mass is 418 g/mol. The fourth-order valence-electron chi connectivity index (χ4n) is 3.29. The number of nitrogens with zero attached hydrogens (tertiary/aromatic N) is 5. The molecule has 8 nitrogen and oxygen atoms in total. The van der Waals surface area contributed by atoms with Crippen LogP contribution in [0.4, 0.5) is 5.69 Å². The molecule has 0 bridgehead atoms. The molecule has 148 valence electrons. The molecule has 30 heavy (non-hydrogen) atoms. The smallest absolute Gasteiger partial charge is 0.324 e. The second kappa shape index (κ2) is 7.16. The third-order valence-corrected chi connectivity index (χ3v) is 4.90. The summed E-state index contributed by atoms with van der Waals surface area (Å²) in [5, 5.41) is 12.1. The van der Waals surface area contributed by atoms with E-state index >= 15 is 0 Å². The van der Waals surface area contributed by atoms with Crippen molar-refractivity contribution in [2.75, 3.05) is 5.32 Å². The number of hydrogen-bond donors (Lipinski definition) is 1. The van der Waals surface area contributed by atoms with Crippen molar-refractivity contribution in [1.82, 2.24) is 23.8 Å². The molecule has 5 aromatic rings. The van der Waals surface area contributed by atoms with Crippen LogP contribution in [0.25, 0.3) is 22.4 Å². The lowest BCUT2D eigenvalue weighted by molar-refractivity contribution is -0.117. The number of anilines is 1. The lowest BCUT2D eigenvalue weighted by atomic mass is 10.1. The van der Waals surface area contributed by atoms with Crippen molar-refractivity contribution in [3.05, 3.63) is 88.6 Å². The van der Waals surface area contributed by atoms with Gasteiger partial charge in [-0.1, -0.05) is 48.0 Å². The summed E-state index contributed by atoms with van der Waals surface area (Å²) in [7, 11) is 0. The van der Waals surface area contributed by atoms with Crippen molar-refractivity contribution in [1.29, 1.82) is 0 Å². The van der Waals surface area contributed by atoms with Gasteiger partial charge in [0.05, 0.1) is 5.69 Å². The maximum Gasteiger partial charge on any atom is 0.350 e. The molecular weight excluding hydrogens is 404 g/mol. The molecule has 2 aromatic carbocycles. The Labute approximate surface area is 174 Å². The summed E-state index contributed by atoms with van der Waals surface area (Å²) in [6.45, 7) is -0.223. The lowest BCUT2D eigenvalue weighted by Crippen LogP contribution is -2.28. The number of halogens is 1. The van der Waals surface area contributed by atoms with Gasteiger partial charge in [0.25, 0.3) is 0 Å². The van der Waals surface area contributed by atoms with Crippen LogP contribution >= 0.6 is 11.6 Å². The van der Waals surface area contributed by atoms with Gasteiger partial charge in [0.2, 0.25) is 5.91 Å². The average Bonchev–Trinajstić information content (AvgIpc) is 3.30. The van der Waals surface area contributed by atoms with Crippen molar-refractivity contribution < 1.29 is 4.79 Å². The Bertz CT molecular complexity index is 1450. The highest BCUT2D eigenvalue weighted by molar-refractivity contribution is 6.30. The fourth-order valence-corrected chi connectivity index (χ4v) is 3.48. The van der Waals surface area contributed by atoms with Crippen LogP contribution in [0.5, 0.6) is 0 Å². The minimum Gasteiger partial charge on any atom is -0.324 e. The first-order chi connectivity index (χ1) is 14.6. The van der Waals surface area contributed by atoms with Gasteiger partial charge in [0, 0.05) is 28.7 Å². The molecule has 5 rings (SSSR count). The summed E-state index contributed by atoms with van der Waals surface area (Å²) in [6, 6.07) is 18.4. The van der Waals surface area contributed by atoms with E-state index in [2.05, 4.69) is 15.5 Å². The second-order valence-corrected chi connectivity index (χ2v) is 7.15. The molecule has 3 aromatic heterocycles. The highest BCUT2D eigenvalue weighted by Crippen LogP contribution is 2.21. The van der Waals surface area contributed by atoms with Gasteiger partial charge < -0.3 is 5.32 Å². The Morgan fingerprint density at radius 3 is 2.63 bits per heavy atom. The normalized spacial score (nSPS) is 11.2. The van der Waals surface area contributed by atoms with Crippen molar-refractivity contribution in [3.8, 4) is 11.3 Å². The summed E-state index contributed by atoms with van der Waals surface area (Å²) in [6.07, 6.45) is 3.28. The van der Waals surface area contributed by atoms with E-state index in [0.29, 0.717) is 21.9 Å². The standard InChI is InChI=1S/C21H15ClN6O2/c22-15-7-4-8-16(11-15)23-19(29)13-28-21(30)26-9-10-27-18(20(26)25-28)12-17(24-27)14-5-2-1-3-6-14/h1-12H,13H2,(H,23,29). The van der Waals surface area contributed by atoms with Gasteiger partial charge in [-0.25, -0.2) is 18.4 Å². The van der Waals surface area contributed by atoms with Crippen LogP contribution in [0, 0.1) is 0 Å². The van der Waals surface area contributed by atoms with Crippen molar-refractivity contribution >= 4 is 34.4 Å². The van der Waals surface area contributed by atoms with Crippen LogP contribution in [-0.4, -0.2) is 29.7 Å². The number of amides is 1. The minimum absolute atomic E-state index is 0.223. The average molecular weight is 419 g/mol. The minimum atomic E-state index is -0.406. The van der Waals surface area contributed by atoms with E-state index in [1.165, 1.54) is 4.40 Å². The zero-order chi connectivity index (χ0) is 20.7. The predicted molar refractivity (Wildman–Crippen MR) is 114 cm³/mol. The van der Waals surface area contributed by atoms with Crippen molar-refractivity contribution in [2.45, 2.75) is 6.54 Å². The molecule has 0 fully saturated rings. The van der Waals surface area contributed by atoms with Gasteiger partial charge in [0.15, 0.2) is 5.65 Å². The van der Waals surface area contributed by atoms with Crippen molar-refractivity contribution in [2.24, 2.45) is 0 Å². The summed E-state index contributed by atoms with van der Waals surface area (Å²) in [4.78, 5) is 25.1. The molecule has 0 saturated carbocycles. The SMILES string of the molecule is O=C(Cn1nc2c3cc(-c4ccccc4)nn3ccn2c1=O)Nc1cccc(Cl)c1. The molecule has 0 saturated heterocycles. The molecule has 0 aliphatic carbocycles. The van der Waals surface area contributed by atoms with Gasteiger partial charge in [-0.2, -0.15) is 5.10 Å². The van der Waals surface area contributed by atoms with Crippen LogP contribution in [0.2, 0.25) is 5.02 Å². The first-order valence-corrected chi connectivity index (χ1v) is 9.55. The van der Waals surface area contributed by atoms with Crippen LogP contribution < -0.4 is 11.0 Å². The van der Waals surface area contributed by atoms with Crippen LogP contribution in [0.1, 0.15) is 0 Å². The topological polar surface area (TPSA) is 85.7 Å². The Kier molecular flexibility index (Phi) is 4.33. The molecule has 0 aliphatic heterocycles. The molecule has 0 atom stereocenters. The van der Waals surface area contributed by atoms with E-state index in [1.807, 2.05) is 36.4 Å². The molecular formula is C21H15ClN6O2. The Morgan fingerprint density at radius 1 is 1.00 bits per heavy atom. The summed E-state index contributed by atoms with van der Waals surface area (Å²) < 4.78 is 4.20. The maximum absolute atomic E-state index is 12.7. The first kappa shape index (κ1) is 18.1. The Balaban J connectivity index is 1.50. The first-order valence-electron chi connectivity index (χ1n) is 9.17. The number of fused-ring (bicyclic) bond motifs is 3. The van der Waals surface area contributed by atoms with Crippen LogP contribution in [0.15, 0.2) is 77.9 Å². The van der Waals surface area contributed by atoms with Gasteiger partial charge in [-0.3, -0.25) is 4.79 Å². The Morgan fingerprint density at radius 2 is 1.83 bits per heavy atom. The van der Waals surface area contributed by atoms with Gasteiger partial charge in [-0.05, 0) is 24.3 Å². The largest absolute Gasteiger partial charge is 0.350 e. The van der Waals surface area contributed by atoms with Crippen LogP contribution in [-0.2, 0) is 11.3 Å². The van der Waals surface area contributed by atoms with E-state index in [4.69, 9.17) is 11.6 Å². The molecule has 0 radical (unpaired) electrons. The highest BCUT2D eigenvalue weighted by Gasteiger charge is 2.15. The predicted octanol–water partition coefficient (Wildman–Crippen LogP) is 3.10. The second-order valence-electron chi connectivity index (χ2n) is 6.72. The zero-order valence-electron chi connectivity index (χ0n) is 15.6. The van der Waals surface area contributed by atoms with Gasteiger partial charge in [0.1, 0.15) is 12.1 Å². The van der Waals surface area contributed by atoms with Crippen molar-refractivity contribution in [3.63, 3.8) is 0 Å². The quantitative estimate of drug-likeness (QED) is 0.486. The number of aromatic nitrogens is 5. The molecule has 0 unspecified atom stereocenters. The molecule has 3 heterocycles. The van der Waals surface area contributed by atoms with E-state index in [0.717, 1.165) is 15.9 Å². The molecule has 1 amide bonds. The third-order valence-electron chi connectivity index (χ3n) is 4.66. The van der Waals surface area contributed by atoms with E-state index in [9.17, 15) is 9.59 Å². The van der Waals surface area contributed by atoms with E-state index < -0.39 is 5.69 Å². The van der Waals surface area contributed by atoms with E-state index in [-0.39, 0.29) is 12.5 Å². The number of rotatable bonds is 4. The highest BCUT2D eigenvalue weighted by atomic mass is 35.5. The third kappa shape index (κ3) is 3.23. The summed E-state index contributed by atoms with van der Waals surface area (Å²) in [5.41, 5.74) is 2.97. The zero-order valence-corrected chi connectivity index (χ0v) is 16.3. The number of nitrogens with one attached hydrogen (secondary N) is 1. The molecule has 9 heteroatoms. The Hall–Kier alpha value is -3.91. The lowest BCUT2D eigenvalue weighted by Gasteiger charge is -2.04. The maximum atomic E-state index is 12.7. The molecule has 0 aliphatic rings. The number of carbonyl (C=O) groups is 1. The van der Waals surface area contributed by atoms with Gasteiger partial charge in [-0.15, -0.1) is 5.10 Å². The number of benzene rings is 2.